The molecule has 0 bridgehead atoms. The Morgan fingerprint density at radius 2 is 2.12 bits per heavy atom. The summed E-state index contributed by atoms with van der Waals surface area (Å²) >= 11 is 9.26. The van der Waals surface area contributed by atoms with Crippen molar-refractivity contribution in [2.75, 3.05) is 0 Å². The van der Waals surface area contributed by atoms with E-state index in [1.807, 2.05) is 0 Å². The average Bonchev–Trinajstić information content (AvgIpc) is 2.84. The Morgan fingerprint density at radius 1 is 1.25 bits per heavy atom. The number of halogens is 2. The van der Waals surface area contributed by atoms with Gasteiger partial charge in [-0.15, -0.1) is 10.2 Å². The van der Waals surface area contributed by atoms with Gasteiger partial charge in [-0.3, -0.25) is 9.38 Å². The van der Waals surface area contributed by atoms with Crippen LogP contribution in [0.1, 0.15) is 0 Å². The molecule has 0 unspecified atom stereocenters. The van der Waals surface area contributed by atoms with Crippen LogP contribution in [-0.2, 0) is 0 Å². The van der Waals surface area contributed by atoms with E-state index in [0.717, 1.165) is 0 Å². The van der Waals surface area contributed by atoms with Gasteiger partial charge in [0.15, 0.2) is 16.1 Å². The van der Waals surface area contributed by atoms with Crippen LogP contribution in [-0.4, -0.2) is 19.6 Å². The van der Waals surface area contributed by atoms with Gasteiger partial charge in [0.05, 0.1) is 12.4 Å². The molecule has 3 heterocycles. The molecule has 80 valence electrons. The van der Waals surface area contributed by atoms with Gasteiger partial charge in [0.1, 0.15) is 5.15 Å². The number of nitrogens with zero attached hydrogens (tertiary/aromatic N) is 4. The molecule has 5 nitrogen and oxygen atoms in total. The van der Waals surface area contributed by atoms with E-state index in [9.17, 15) is 0 Å². The fourth-order valence-corrected chi connectivity index (χ4v) is 1.94. The highest BCUT2D eigenvalue weighted by molar-refractivity contribution is 9.10. The molecule has 3 aromatic rings. The topological polar surface area (TPSA) is 56.2 Å². The maximum Gasteiger partial charge on any atom is 0.205 e. The fourth-order valence-electron chi connectivity index (χ4n) is 1.41. The van der Waals surface area contributed by atoms with E-state index in [0.29, 0.717) is 27.1 Å². The highest BCUT2D eigenvalue weighted by Crippen LogP contribution is 2.25. The third kappa shape index (κ3) is 1.42. The van der Waals surface area contributed by atoms with E-state index in [-0.39, 0.29) is 0 Å². The van der Waals surface area contributed by atoms with Crippen molar-refractivity contribution in [1.29, 1.82) is 0 Å². The quantitative estimate of drug-likeness (QED) is 0.693. The second-order valence-electron chi connectivity index (χ2n) is 3.05. The molecule has 3 rings (SSSR count). The summed E-state index contributed by atoms with van der Waals surface area (Å²) in [7, 11) is 0. The van der Waals surface area contributed by atoms with Crippen LogP contribution in [0, 0.1) is 0 Å². The summed E-state index contributed by atoms with van der Waals surface area (Å²) in [5.74, 6) is 1.14. The predicted octanol–water partition coefficient (Wildman–Crippen LogP) is 2.80. The Labute approximate surface area is 103 Å². The van der Waals surface area contributed by atoms with Crippen molar-refractivity contribution in [2.45, 2.75) is 0 Å². The molecule has 0 aliphatic rings. The molecule has 0 atom stereocenters. The molecule has 7 heteroatoms. The minimum absolute atomic E-state index is 0.435. The summed E-state index contributed by atoms with van der Waals surface area (Å²) in [5, 5.41) is 8.40. The number of rotatable bonds is 1. The van der Waals surface area contributed by atoms with E-state index in [4.69, 9.17) is 16.0 Å². The first kappa shape index (κ1) is 9.80. The normalized spacial score (nSPS) is 11.1. The van der Waals surface area contributed by atoms with Gasteiger partial charge in [-0.25, -0.2) is 0 Å². The Bertz CT molecular complexity index is 662. The van der Waals surface area contributed by atoms with Gasteiger partial charge in [0.25, 0.3) is 0 Å². The monoisotopic (exact) mass is 298 g/mol. The van der Waals surface area contributed by atoms with Crippen molar-refractivity contribution in [1.82, 2.24) is 19.6 Å². The van der Waals surface area contributed by atoms with Crippen LogP contribution in [0.15, 0.2) is 33.6 Å². The molecule has 3 aromatic heterocycles. The molecule has 0 aliphatic heterocycles. The lowest BCUT2D eigenvalue weighted by atomic mass is 10.4. The molecule has 0 aliphatic carbocycles. The van der Waals surface area contributed by atoms with Gasteiger partial charge < -0.3 is 4.42 Å². The molecule has 0 amide bonds. The van der Waals surface area contributed by atoms with Crippen molar-refractivity contribution in [3.8, 4) is 11.6 Å². The molecule has 0 radical (unpaired) electrons. The lowest BCUT2D eigenvalue weighted by Gasteiger charge is -1.97. The van der Waals surface area contributed by atoms with E-state index in [1.54, 1.807) is 22.7 Å². The van der Waals surface area contributed by atoms with E-state index in [2.05, 4.69) is 31.1 Å². The SMILES string of the molecule is Clc1cncc2nnc(-c3ccc(Br)o3)n12. The van der Waals surface area contributed by atoms with Gasteiger partial charge in [0, 0.05) is 0 Å². The Balaban J connectivity index is 2.32. The van der Waals surface area contributed by atoms with Crippen LogP contribution >= 0.6 is 27.5 Å². The number of fused-ring (bicyclic) bond motifs is 1. The predicted molar refractivity (Wildman–Crippen MR) is 61.2 cm³/mol. The molecule has 0 saturated heterocycles. The molecule has 16 heavy (non-hydrogen) atoms. The average molecular weight is 300 g/mol. The van der Waals surface area contributed by atoms with Gasteiger partial charge >= 0.3 is 0 Å². The van der Waals surface area contributed by atoms with Crippen LogP contribution in [0.5, 0.6) is 0 Å². The van der Waals surface area contributed by atoms with Crippen molar-refractivity contribution in [3.63, 3.8) is 0 Å². The first-order valence-corrected chi connectivity index (χ1v) is 5.53. The van der Waals surface area contributed by atoms with Gasteiger partial charge in [-0.05, 0) is 28.1 Å². The first-order chi connectivity index (χ1) is 7.75. The lowest BCUT2D eigenvalue weighted by molar-refractivity contribution is 0.550. The third-order valence-electron chi connectivity index (χ3n) is 2.07. The van der Waals surface area contributed by atoms with Crippen molar-refractivity contribution in [3.05, 3.63) is 34.3 Å². The number of furan rings is 1. The standard InChI is InChI=1S/C9H4BrClN4O/c10-6-2-1-5(16-6)9-14-13-8-4-12-3-7(11)15(8)9/h1-4H. The molecule has 0 saturated carbocycles. The van der Waals surface area contributed by atoms with Crippen molar-refractivity contribution in [2.24, 2.45) is 0 Å². The summed E-state index contributed by atoms with van der Waals surface area (Å²) in [6.07, 6.45) is 3.11. The van der Waals surface area contributed by atoms with Gasteiger partial charge in [-0.2, -0.15) is 0 Å². The largest absolute Gasteiger partial charge is 0.446 e. The van der Waals surface area contributed by atoms with Crippen LogP contribution in [0.2, 0.25) is 5.15 Å². The van der Waals surface area contributed by atoms with Crippen LogP contribution in [0.25, 0.3) is 17.2 Å². The molecule has 0 spiro atoms. The molecule has 0 N–H and O–H groups in total. The minimum Gasteiger partial charge on any atom is -0.446 e. The number of hydrogen-bond acceptors (Lipinski definition) is 4. The highest BCUT2D eigenvalue weighted by Gasteiger charge is 2.13. The van der Waals surface area contributed by atoms with Crippen LogP contribution < -0.4 is 0 Å². The first-order valence-electron chi connectivity index (χ1n) is 4.36. The number of hydrogen-bond donors (Lipinski definition) is 0. The fraction of sp³-hybridized carbons (Fsp3) is 0. The zero-order valence-electron chi connectivity index (χ0n) is 7.76. The summed E-state index contributed by atoms with van der Waals surface area (Å²) in [5.41, 5.74) is 0.579. The van der Waals surface area contributed by atoms with E-state index in [1.165, 1.54) is 6.20 Å². The smallest absolute Gasteiger partial charge is 0.205 e. The van der Waals surface area contributed by atoms with E-state index < -0.39 is 0 Å². The molecule has 0 fully saturated rings. The second kappa shape index (κ2) is 3.57. The van der Waals surface area contributed by atoms with Gasteiger partial charge in [0.2, 0.25) is 5.82 Å². The zero-order chi connectivity index (χ0) is 11.1. The summed E-state index contributed by atoms with van der Waals surface area (Å²) in [6.45, 7) is 0. The molecular weight excluding hydrogens is 295 g/mol. The summed E-state index contributed by atoms with van der Waals surface area (Å²) in [4.78, 5) is 3.93. The van der Waals surface area contributed by atoms with E-state index >= 15 is 0 Å². The Kier molecular flexibility index (Phi) is 2.19. The Hall–Kier alpha value is -1.40. The van der Waals surface area contributed by atoms with Crippen LogP contribution in [0.3, 0.4) is 0 Å². The van der Waals surface area contributed by atoms with Crippen LogP contribution in [0.4, 0.5) is 0 Å². The number of aromatic nitrogens is 4. The van der Waals surface area contributed by atoms with Crippen molar-refractivity contribution >= 4 is 33.2 Å². The summed E-state index contributed by atoms with van der Waals surface area (Å²) < 4.78 is 7.70. The maximum absolute atomic E-state index is 6.03. The Morgan fingerprint density at radius 3 is 2.88 bits per heavy atom. The third-order valence-corrected chi connectivity index (χ3v) is 2.76. The lowest BCUT2D eigenvalue weighted by Crippen LogP contribution is -1.91. The minimum atomic E-state index is 0.435. The highest BCUT2D eigenvalue weighted by atomic mass is 79.9. The van der Waals surface area contributed by atoms with Crippen molar-refractivity contribution < 1.29 is 4.42 Å². The zero-order valence-corrected chi connectivity index (χ0v) is 10.1. The summed E-state index contributed by atoms with van der Waals surface area (Å²) in [6, 6.07) is 3.57. The second-order valence-corrected chi connectivity index (χ2v) is 4.22. The molecule has 0 aromatic carbocycles. The maximum atomic E-state index is 6.03. The molecular formula is C9H4BrClN4O. The van der Waals surface area contributed by atoms with Gasteiger partial charge in [-0.1, -0.05) is 11.6 Å².